The molecule has 3 nitrogen and oxygen atoms in total. The van der Waals surface area contributed by atoms with E-state index in [0.717, 1.165) is 43.2 Å². The largest absolute Gasteiger partial charge is 0.385 e. The number of benzene rings is 2. The van der Waals surface area contributed by atoms with E-state index in [1.54, 1.807) is 0 Å². The first-order valence-electron chi connectivity index (χ1n) is 7.94. The average molecular weight is 350 g/mol. The van der Waals surface area contributed by atoms with E-state index in [1.165, 1.54) is 12.3 Å². The van der Waals surface area contributed by atoms with Crippen molar-refractivity contribution < 1.29 is 17.9 Å². The van der Waals surface area contributed by atoms with Gasteiger partial charge >= 0.3 is 6.11 Å². The molecule has 1 unspecified atom stereocenters. The minimum absolute atomic E-state index is 0.0590. The van der Waals surface area contributed by atoms with Crippen LogP contribution in [0.2, 0.25) is 0 Å². The van der Waals surface area contributed by atoms with Crippen molar-refractivity contribution in [1.82, 2.24) is 0 Å². The predicted octanol–water partition coefficient (Wildman–Crippen LogP) is 4.35. The zero-order valence-corrected chi connectivity index (χ0v) is 13.9. The van der Waals surface area contributed by atoms with Crippen LogP contribution >= 0.6 is 0 Å². The highest BCUT2D eigenvalue weighted by Gasteiger charge is 2.34. The number of ether oxygens (including phenoxy) is 1. The molecule has 0 amide bonds. The zero-order chi connectivity index (χ0) is 18.4. The third-order valence-electron chi connectivity index (χ3n) is 4.17. The van der Waals surface area contributed by atoms with E-state index in [2.05, 4.69) is 4.74 Å². The van der Waals surface area contributed by atoms with Crippen LogP contribution in [0.4, 0.5) is 13.2 Å². The SMILES string of the molecule is COC(F)(F)c1ccc(-c2ccc(CCC(C=N)CN)cc2)cc1F. The first kappa shape index (κ1) is 19.1. The summed E-state index contributed by atoms with van der Waals surface area (Å²) in [6.07, 6.45) is -0.727. The number of alkyl halides is 2. The van der Waals surface area contributed by atoms with E-state index in [-0.39, 0.29) is 5.92 Å². The van der Waals surface area contributed by atoms with Crippen molar-refractivity contribution in [2.75, 3.05) is 13.7 Å². The van der Waals surface area contributed by atoms with E-state index < -0.39 is 17.5 Å². The maximum absolute atomic E-state index is 14.0. The Morgan fingerprint density at radius 3 is 2.32 bits per heavy atom. The van der Waals surface area contributed by atoms with Gasteiger partial charge in [-0.25, -0.2) is 4.39 Å². The Morgan fingerprint density at radius 1 is 1.16 bits per heavy atom. The molecule has 134 valence electrons. The van der Waals surface area contributed by atoms with Gasteiger partial charge in [-0.15, -0.1) is 0 Å². The Balaban J connectivity index is 2.14. The molecule has 0 saturated carbocycles. The van der Waals surface area contributed by atoms with Gasteiger partial charge in [0.2, 0.25) is 0 Å². The van der Waals surface area contributed by atoms with Crippen molar-refractivity contribution >= 4 is 6.21 Å². The van der Waals surface area contributed by atoms with Crippen LogP contribution in [0.15, 0.2) is 42.5 Å². The van der Waals surface area contributed by atoms with E-state index in [9.17, 15) is 13.2 Å². The number of nitrogens with one attached hydrogen (secondary N) is 1. The Labute approximate surface area is 145 Å². The molecule has 2 aromatic rings. The molecule has 0 fully saturated rings. The molecule has 0 saturated heterocycles. The van der Waals surface area contributed by atoms with Crippen LogP contribution in [-0.4, -0.2) is 19.9 Å². The number of hydrogen-bond donors (Lipinski definition) is 2. The highest BCUT2D eigenvalue weighted by atomic mass is 19.3. The maximum atomic E-state index is 14.0. The lowest BCUT2D eigenvalue weighted by Gasteiger charge is -2.15. The summed E-state index contributed by atoms with van der Waals surface area (Å²) in [5.74, 6) is -0.950. The van der Waals surface area contributed by atoms with Gasteiger partial charge in [0.1, 0.15) is 5.82 Å². The molecule has 25 heavy (non-hydrogen) atoms. The van der Waals surface area contributed by atoms with Crippen LogP contribution in [-0.2, 0) is 17.3 Å². The van der Waals surface area contributed by atoms with Crippen molar-refractivity contribution in [3.63, 3.8) is 0 Å². The summed E-state index contributed by atoms with van der Waals surface area (Å²) in [5.41, 5.74) is 7.11. The maximum Gasteiger partial charge on any atom is 0.385 e. The average Bonchev–Trinajstić information content (AvgIpc) is 2.62. The minimum Gasteiger partial charge on any atom is -0.330 e. The van der Waals surface area contributed by atoms with Gasteiger partial charge in [0, 0.05) is 19.6 Å². The molecule has 0 radical (unpaired) electrons. The lowest BCUT2D eigenvalue weighted by atomic mass is 9.97. The fourth-order valence-electron chi connectivity index (χ4n) is 2.53. The molecule has 0 bridgehead atoms. The van der Waals surface area contributed by atoms with Gasteiger partial charge in [-0.2, -0.15) is 8.78 Å². The van der Waals surface area contributed by atoms with Gasteiger partial charge in [0.25, 0.3) is 0 Å². The second kappa shape index (κ2) is 8.27. The molecular weight excluding hydrogens is 329 g/mol. The second-order valence-electron chi connectivity index (χ2n) is 5.81. The van der Waals surface area contributed by atoms with Crippen LogP contribution < -0.4 is 5.73 Å². The standard InChI is InChI=1S/C19H21F3N2O/c1-25-19(21,22)17-9-8-16(10-18(17)20)15-6-4-13(5-7-15)2-3-14(11-23)12-24/h4-11,14,23H,2-3,12,24H2,1H3. The van der Waals surface area contributed by atoms with Crippen molar-refractivity contribution in [1.29, 1.82) is 5.41 Å². The lowest BCUT2D eigenvalue weighted by Crippen LogP contribution is -2.17. The molecular formula is C19H21F3N2O. The highest BCUT2D eigenvalue weighted by Crippen LogP contribution is 2.33. The van der Waals surface area contributed by atoms with Crippen LogP contribution in [0.25, 0.3) is 11.1 Å². The van der Waals surface area contributed by atoms with Gasteiger partial charge in [0.15, 0.2) is 0 Å². The Hall–Kier alpha value is -2.18. The summed E-state index contributed by atoms with van der Waals surface area (Å²) in [5, 5.41) is 7.26. The molecule has 0 heterocycles. The third kappa shape index (κ3) is 4.67. The summed E-state index contributed by atoms with van der Waals surface area (Å²) < 4.78 is 44.9. The van der Waals surface area contributed by atoms with Crippen molar-refractivity contribution in [2.24, 2.45) is 11.7 Å². The summed E-state index contributed by atoms with van der Waals surface area (Å²) in [6, 6.07) is 11.0. The molecule has 0 aliphatic carbocycles. The number of methoxy groups -OCH3 is 1. The Bertz CT molecular complexity index is 717. The third-order valence-corrected chi connectivity index (χ3v) is 4.17. The first-order chi connectivity index (χ1) is 11.9. The smallest absolute Gasteiger partial charge is 0.330 e. The highest BCUT2D eigenvalue weighted by molar-refractivity contribution is 5.64. The fraction of sp³-hybridized carbons (Fsp3) is 0.316. The molecule has 6 heteroatoms. The van der Waals surface area contributed by atoms with Gasteiger partial charge in [0.05, 0.1) is 5.56 Å². The van der Waals surface area contributed by atoms with E-state index in [1.807, 2.05) is 24.3 Å². The molecule has 0 spiro atoms. The lowest BCUT2D eigenvalue weighted by molar-refractivity contribution is -0.233. The number of aryl methyl sites for hydroxylation is 1. The molecule has 1 atom stereocenters. The molecule has 0 aliphatic rings. The quantitative estimate of drug-likeness (QED) is 0.696. The normalized spacial score (nSPS) is 12.8. The summed E-state index contributed by atoms with van der Waals surface area (Å²) in [6.45, 7) is 0.444. The van der Waals surface area contributed by atoms with Crippen molar-refractivity contribution in [3.05, 3.63) is 59.4 Å². The number of hydrogen-bond acceptors (Lipinski definition) is 3. The predicted molar refractivity (Wildman–Crippen MR) is 92.4 cm³/mol. The van der Waals surface area contributed by atoms with Gasteiger partial charge in [-0.3, -0.25) is 0 Å². The van der Waals surface area contributed by atoms with Crippen LogP contribution in [0.1, 0.15) is 17.5 Å². The van der Waals surface area contributed by atoms with E-state index in [0.29, 0.717) is 12.1 Å². The number of rotatable bonds is 8. The molecule has 2 aromatic carbocycles. The zero-order valence-electron chi connectivity index (χ0n) is 13.9. The van der Waals surface area contributed by atoms with Crippen molar-refractivity contribution in [3.8, 4) is 11.1 Å². The number of nitrogens with two attached hydrogens (primary N) is 1. The monoisotopic (exact) mass is 350 g/mol. The summed E-state index contributed by atoms with van der Waals surface area (Å²) in [4.78, 5) is 0. The van der Waals surface area contributed by atoms with Crippen molar-refractivity contribution in [2.45, 2.75) is 19.0 Å². The first-order valence-corrected chi connectivity index (χ1v) is 7.94. The summed E-state index contributed by atoms with van der Waals surface area (Å²) >= 11 is 0. The van der Waals surface area contributed by atoms with Gasteiger partial charge < -0.3 is 15.9 Å². The Kier molecular flexibility index (Phi) is 6.33. The summed E-state index contributed by atoms with van der Waals surface area (Å²) in [7, 11) is 0.833. The topological polar surface area (TPSA) is 59.1 Å². The minimum atomic E-state index is -3.65. The second-order valence-corrected chi connectivity index (χ2v) is 5.81. The Morgan fingerprint density at radius 2 is 1.80 bits per heavy atom. The van der Waals surface area contributed by atoms with Crippen LogP contribution in [0.3, 0.4) is 0 Å². The molecule has 2 rings (SSSR count). The fourth-order valence-corrected chi connectivity index (χ4v) is 2.53. The van der Waals surface area contributed by atoms with Crippen LogP contribution in [0, 0.1) is 17.1 Å². The van der Waals surface area contributed by atoms with Gasteiger partial charge in [-0.1, -0.05) is 30.3 Å². The number of halogens is 3. The molecule has 0 aromatic heterocycles. The van der Waals surface area contributed by atoms with E-state index >= 15 is 0 Å². The molecule has 3 N–H and O–H groups in total. The van der Waals surface area contributed by atoms with Gasteiger partial charge in [-0.05, 0) is 47.9 Å². The van der Waals surface area contributed by atoms with Crippen LogP contribution in [0.5, 0.6) is 0 Å². The van der Waals surface area contributed by atoms with E-state index in [4.69, 9.17) is 11.1 Å². The molecule has 0 aliphatic heterocycles.